The van der Waals surface area contributed by atoms with Crippen LogP contribution in [0.2, 0.25) is 0 Å². The first-order chi connectivity index (χ1) is 20.2. The molecule has 4 N–H and O–H groups in total. The van der Waals surface area contributed by atoms with Crippen LogP contribution in [-0.2, 0) is 53.6 Å². The third-order valence-corrected chi connectivity index (χ3v) is 4.65. The van der Waals surface area contributed by atoms with Crippen LogP contribution in [0.3, 0.4) is 0 Å². The van der Waals surface area contributed by atoms with Gasteiger partial charge in [-0.2, -0.15) is 5.16 Å². The van der Waals surface area contributed by atoms with E-state index in [1.165, 1.54) is 41.8 Å². The number of hydrogen-bond donors (Lipinski definition) is 4. The van der Waals surface area contributed by atoms with Crippen LogP contribution in [0.25, 0.3) is 33.0 Å². The zero-order valence-corrected chi connectivity index (χ0v) is 25.2. The third kappa shape index (κ3) is 14.4. The topological polar surface area (TPSA) is 230 Å². The van der Waals surface area contributed by atoms with Crippen molar-refractivity contribution in [2.24, 2.45) is 0 Å². The summed E-state index contributed by atoms with van der Waals surface area (Å²) < 4.78 is 7.38. The summed E-state index contributed by atoms with van der Waals surface area (Å²) in [5, 5.41) is 43.0. The van der Waals surface area contributed by atoms with E-state index >= 15 is 0 Å². The Kier molecular flexibility index (Phi) is 20.1. The number of pyridine rings is 4. The average Bonchev–Trinajstić information content (AvgIpc) is 2.99. The fourth-order valence-corrected chi connectivity index (χ4v) is 2.96. The summed E-state index contributed by atoms with van der Waals surface area (Å²) >= 11 is 4.20. The fourth-order valence-electron chi connectivity index (χ4n) is 2.96. The number of thiocarbonyl (C=S) groups is 1. The predicted molar refractivity (Wildman–Crippen MR) is 157 cm³/mol. The number of carboxylic acid groups (broad SMARTS) is 2. The minimum Gasteiger partial charge on any atom is -0.753 e. The second-order valence-electron chi connectivity index (χ2n) is 7.34. The Balaban J connectivity index is 0.000000680. The molecule has 0 unspecified atom stereocenters. The summed E-state index contributed by atoms with van der Waals surface area (Å²) in [6.45, 7) is 0.0717. The van der Waals surface area contributed by atoms with E-state index in [0.717, 1.165) is 0 Å². The van der Waals surface area contributed by atoms with Crippen LogP contribution in [-0.4, -0.2) is 63.6 Å². The maximum Gasteiger partial charge on any atom is 2.00 e. The number of carbonyl (C=O) groups is 2. The van der Waals surface area contributed by atoms with Gasteiger partial charge in [-0.3, -0.25) is 30.5 Å². The summed E-state index contributed by atoms with van der Waals surface area (Å²) in [5.74, 6) is 0.919. The summed E-state index contributed by atoms with van der Waals surface area (Å²) in [5.41, 5.74) is 3.66. The number of isothiocyanates is 1. The van der Waals surface area contributed by atoms with E-state index in [1.807, 2.05) is 0 Å². The maximum absolute atomic E-state index is 10.9. The molecule has 0 spiro atoms. The second-order valence-corrected chi connectivity index (χ2v) is 7.78. The first-order valence-corrected chi connectivity index (χ1v) is 12.5. The molecule has 0 aliphatic heterocycles. The van der Waals surface area contributed by atoms with E-state index in [4.69, 9.17) is 30.9 Å². The van der Waals surface area contributed by atoms with Crippen LogP contribution in [0, 0.1) is 0 Å². The quantitative estimate of drug-likeness (QED) is 0.0646. The van der Waals surface area contributed by atoms with Crippen molar-refractivity contribution < 1.29 is 59.6 Å². The third-order valence-electron chi connectivity index (χ3n) is 4.65. The standard InChI is InChI=1S/2C12H10N2O4.CH2NS.CNS.Ru/c2*15-12(16)9-2-4-14-11(6-9)10-5-8(7-18-17)1-3-13-10;1-3-2;2-1-3;/h2*1-6,17H,7H2,(H,15,16);1H2;;/q;;2*-1;+2. The molecule has 4 aromatic heterocycles. The van der Waals surface area contributed by atoms with Gasteiger partial charge in [0.15, 0.2) is 0 Å². The number of hydrogen-bond acceptors (Lipinski definition) is 11. The monoisotopic (exact) mass is 712 g/mol. The first kappa shape index (κ1) is 38.7. The molecule has 0 amide bonds. The minimum absolute atomic E-state index is 0. The molecule has 0 radical (unpaired) electrons. The molecule has 0 aromatic carbocycles. The Bertz CT molecular complexity index is 1440. The van der Waals surface area contributed by atoms with E-state index in [0.29, 0.717) is 45.0 Å². The Hall–Kier alpha value is -4.31. The maximum atomic E-state index is 10.9. The van der Waals surface area contributed by atoms with Gasteiger partial charge in [0, 0.05) is 24.8 Å². The number of carboxylic acids is 2. The molecule has 17 heteroatoms. The zero-order chi connectivity index (χ0) is 31.3. The molecule has 0 fully saturated rings. The molecule has 43 heavy (non-hydrogen) atoms. The Morgan fingerprint density at radius 3 is 1.33 bits per heavy atom. The Morgan fingerprint density at radius 2 is 1.05 bits per heavy atom. The van der Waals surface area contributed by atoms with Gasteiger partial charge < -0.3 is 31.5 Å². The summed E-state index contributed by atoms with van der Waals surface area (Å²) in [6.07, 6.45) is 5.91. The number of aromatic carboxylic acids is 2. The van der Waals surface area contributed by atoms with Crippen LogP contribution in [0.5, 0.6) is 0 Å². The van der Waals surface area contributed by atoms with E-state index in [1.54, 1.807) is 36.7 Å². The van der Waals surface area contributed by atoms with Crippen molar-refractivity contribution in [2.75, 3.05) is 0 Å². The predicted octanol–water partition coefficient (Wildman–Crippen LogP) is 4.57. The molecule has 0 saturated heterocycles. The largest absolute Gasteiger partial charge is 2.00 e. The molecule has 14 nitrogen and oxygen atoms in total. The van der Waals surface area contributed by atoms with Crippen molar-refractivity contribution >= 4 is 46.3 Å². The zero-order valence-electron chi connectivity index (χ0n) is 21.8. The SMILES string of the molecule is C=S=[N-].O=C(O)c1ccnc(-c2cc(COO)ccn2)c1.O=C(O)c1ccnc(-c2cc(COO)ccn2)c1.[N-]=C=S.[Ru+2]. The van der Waals surface area contributed by atoms with Gasteiger partial charge in [0.05, 0.1) is 33.9 Å². The molecule has 0 aliphatic carbocycles. The summed E-state index contributed by atoms with van der Waals surface area (Å²) in [7, 11) is 0. The minimum atomic E-state index is -1.02. The summed E-state index contributed by atoms with van der Waals surface area (Å²) in [6, 6.07) is 12.4. The summed E-state index contributed by atoms with van der Waals surface area (Å²) in [4.78, 5) is 46.1. The fraction of sp³-hybridized carbons (Fsp3) is 0.0769. The van der Waals surface area contributed by atoms with Crippen molar-refractivity contribution in [3.8, 4) is 22.8 Å². The molecule has 0 atom stereocenters. The number of aromatic nitrogens is 4. The van der Waals surface area contributed by atoms with E-state index in [2.05, 4.69) is 47.8 Å². The van der Waals surface area contributed by atoms with Crippen LogP contribution in [0.4, 0.5) is 0 Å². The molecule has 4 aromatic rings. The van der Waals surface area contributed by atoms with Gasteiger partial charge in [0.1, 0.15) is 13.2 Å². The normalized spacial score (nSPS) is 9.07. The van der Waals surface area contributed by atoms with Crippen molar-refractivity contribution in [1.29, 1.82) is 0 Å². The van der Waals surface area contributed by atoms with E-state index < -0.39 is 11.9 Å². The molecular formula is C26H22N6O8RuS2. The Labute approximate surface area is 266 Å². The molecular weight excluding hydrogens is 690 g/mol. The molecule has 4 rings (SSSR count). The number of nitrogens with zero attached hydrogens (tertiary/aromatic N) is 6. The molecule has 0 aliphatic rings. The van der Waals surface area contributed by atoms with Gasteiger partial charge in [0.2, 0.25) is 0 Å². The smallest absolute Gasteiger partial charge is 0.753 e. The van der Waals surface area contributed by atoms with Gasteiger partial charge in [-0.1, -0.05) is 18.1 Å². The van der Waals surface area contributed by atoms with E-state index in [9.17, 15) is 9.59 Å². The van der Waals surface area contributed by atoms with Crippen molar-refractivity contribution in [2.45, 2.75) is 13.2 Å². The molecule has 0 saturated carbocycles. The second kappa shape index (κ2) is 22.3. The van der Waals surface area contributed by atoms with Crippen molar-refractivity contribution in [1.82, 2.24) is 19.9 Å². The molecule has 0 bridgehead atoms. The van der Waals surface area contributed by atoms with Gasteiger partial charge in [-0.15, -0.1) is 0 Å². The van der Waals surface area contributed by atoms with Gasteiger partial charge in [-0.25, -0.2) is 19.4 Å². The van der Waals surface area contributed by atoms with Gasteiger partial charge in [-0.05, 0) is 59.7 Å². The molecule has 224 valence electrons. The first-order valence-electron chi connectivity index (χ1n) is 11.1. The molecule has 4 heterocycles. The van der Waals surface area contributed by atoms with Crippen LogP contribution in [0.1, 0.15) is 31.8 Å². The van der Waals surface area contributed by atoms with Crippen LogP contribution >= 0.6 is 12.2 Å². The van der Waals surface area contributed by atoms with Crippen LogP contribution in [0.15, 0.2) is 73.3 Å². The van der Waals surface area contributed by atoms with Gasteiger partial charge >= 0.3 is 31.4 Å². The number of rotatable bonds is 8. The van der Waals surface area contributed by atoms with Crippen LogP contribution < -0.4 is 0 Å². The van der Waals surface area contributed by atoms with Crippen molar-refractivity contribution in [3.05, 3.63) is 106 Å². The Morgan fingerprint density at radius 1 is 0.767 bits per heavy atom. The van der Waals surface area contributed by atoms with Gasteiger partial charge in [0.25, 0.3) is 0 Å². The average molecular weight is 712 g/mol. The van der Waals surface area contributed by atoms with E-state index in [-0.39, 0.29) is 43.8 Å². The van der Waals surface area contributed by atoms with Crippen molar-refractivity contribution in [3.63, 3.8) is 0 Å².